The number of amides is 3. The van der Waals surface area contributed by atoms with Crippen LogP contribution in [0, 0.1) is 0 Å². The largest absolute Gasteiger partial charge is 0.348 e. The van der Waals surface area contributed by atoms with Crippen molar-refractivity contribution in [2.45, 2.75) is 11.4 Å². The molecule has 0 spiro atoms. The summed E-state index contributed by atoms with van der Waals surface area (Å²) in [5, 5.41) is 5.27. The van der Waals surface area contributed by atoms with Crippen LogP contribution in [0.3, 0.4) is 0 Å². The van der Waals surface area contributed by atoms with E-state index in [4.69, 9.17) is 0 Å². The molecule has 0 radical (unpaired) electrons. The molecule has 0 saturated heterocycles. The highest BCUT2D eigenvalue weighted by Gasteiger charge is 2.41. The fourth-order valence-corrected chi connectivity index (χ4v) is 4.80. The molecule has 0 fully saturated rings. The van der Waals surface area contributed by atoms with Crippen LogP contribution in [0.15, 0.2) is 78.0 Å². The lowest BCUT2D eigenvalue weighted by Gasteiger charge is -2.16. The molecular formula is C22H18N4O5S. The first-order valence-electron chi connectivity index (χ1n) is 9.60. The quantitative estimate of drug-likeness (QED) is 0.590. The highest BCUT2D eigenvalue weighted by molar-refractivity contribution is 7.90. The molecule has 2 aromatic carbocycles. The van der Waals surface area contributed by atoms with E-state index in [2.05, 4.69) is 15.6 Å². The van der Waals surface area contributed by atoms with E-state index in [-0.39, 0.29) is 28.3 Å². The summed E-state index contributed by atoms with van der Waals surface area (Å²) in [4.78, 5) is 41.6. The van der Waals surface area contributed by atoms with Crippen LogP contribution in [0.2, 0.25) is 0 Å². The van der Waals surface area contributed by atoms with Gasteiger partial charge in [0.15, 0.2) is 0 Å². The zero-order valence-electron chi connectivity index (χ0n) is 16.7. The molecule has 1 aliphatic heterocycles. The van der Waals surface area contributed by atoms with Crippen LogP contribution in [0.25, 0.3) is 0 Å². The Morgan fingerprint density at radius 3 is 2.47 bits per heavy atom. The van der Waals surface area contributed by atoms with E-state index in [1.54, 1.807) is 36.7 Å². The summed E-state index contributed by atoms with van der Waals surface area (Å²) < 4.78 is 25.8. The van der Waals surface area contributed by atoms with Gasteiger partial charge in [0, 0.05) is 18.9 Å². The third-order valence-corrected chi connectivity index (χ3v) is 6.61. The van der Waals surface area contributed by atoms with Crippen LogP contribution in [-0.4, -0.2) is 42.0 Å². The smallest absolute Gasteiger partial charge is 0.269 e. The number of benzene rings is 2. The van der Waals surface area contributed by atoms with Gasteiger partial charge in [-0.3, -0.25) is 19.4 Å². The second-order valence-corrected chi connectivity index (χ2v) is 8.78. The lowest BCUT2D eigenvalue weighted by atomic mass is 10.1. The fourth-order valence-electron chi connectivity index (χ4n) is 3.28. The minimum absolute atomic E-state index is 0.0236. The molecule has 1 aliphatic rings. The molecule has 2 N–H and O–H groups in total. The first kappa shape index (κ1) is 21.2. The van der Waals surface area contributed by atoms with Crippen LogP contribution in [0.5, 0.6) is 0 Å². The number of pyridine rings is 1. The normalized spacial score (nSPS) is 14.0. The van der Waals surface area contributed by atoms with E-state index in [1.807, 2.05) is 6.07 Å². The van der Waals surface area contributed by atoms with Gasteiger partial charge in [-0.2, -0.15) is 0 Å². The maximum absolute atomic E-state index is 12.6. The van der Waals surface area contributed by atoms with Gasteiger partial charge in [-0.15, -0.1) is 0 Å². The van der Waals surface area contributed by atoms with Crippen molar-refractivity contribution in [3.05, 3.63) is 89.7 Å². The zero-order chi connectivity index (χ0) is 22.7. The van der Waals surface area contributed by atoms with Crippen LogP contribution in [0.1, 0.15) is 26.3 Å². The van der Waals surface area contributed by atoms with Crippen molar-refractivity contribution in [3.8, 4) is 0 Å². The predicted octanol–water partition coefficient (Wildman–Crippen LogP) is 1.79. The summed E-state index contributed by atoms with van der Waals surface area (Å²) in [6.45, 7) is -0.463. The van der Waals surface area contributed by atoms with E-state index < -0.39 is 34.3 Å². The number of nitrogens with one attached hydrogen (secondary N) is 2. The molecule has 0 aliphatic carbocycles. The maximum atomic E-state index is 12.6. The fraction of sp³-hybridized carbons (Fsp3) is 0.0909. The Hall–Kier alpha value is -4.05. The van der Waals surface area contributed by atoms with Crippen molar-refractivity contribution < 1.29 is 22.8 Å². The number of rotatable bonds is 6. The minimum atomic E-state index is -4.11. The molecule has 3 aromatic rings. The van der Waals surface area contributed by atoms with Gasteiger partial charge in [0.25, 0.3) is 21.8 Å². The van der Waals surface area contributed by atoms with E-state index in [0.717, 1.165) is 5.56 Å². The van der Waals surface area contributed by atoms with E-state index in [0.29, 0.717) is 4.31 Å². The van der Waals surface area contributed by atoms with Gasteiger partial charge in [0.1, 0.15) is 11.4 Å². The van der Waals surface area contributed by atoms with Crippen molar-refractivity contribution in [2.24, 2.45) is 0 Å². The van der Waals surface area contributed by atoms with Gasteiger partial charge in [-0.25, -0.2) is 12.7 Å². The molecule has 32 heavy (non-hydrogen) atoms. The van der Waals surface area contributed by atoms with Crippen molar-refractivity contribution in [3.63, 3.8) is 0 Å². The second kappa shape index (κ2) is 8.60. The van der Waals surface area contributed by atoms with Crippen LogP contribution in [0.4, 0.5) is 5.69 Å². The monoisotopic (exact) mass is 450 g/mol. The maximum Gasteiger partial charge on any atom is 0.269 e. The summed E-state index contributed by atoms with van der Waals surface area (Å²) in [6, 6.07) is 15.7. The Morgan fingerprint density at radius 2 is 1.72 bits per heavy atom. The standard InChI is InChI=1S/C22H18N4O5S/c27-20(14-26-22(29)17-8-2-4-10-19(17)32(26,30)31)25-18-9-3-1-7-16(18)21(28)24-13-15-6-5-11-23-12-15/h1-12H,13-14H2,(H,24,28)(H,25,27). The Balaban J connectivity index is 1.47. The molecule has 2 heterocycles. The van der Waals surface area contributed by atoms with Crippen molar-refractivity contribution in [2.75, 3.05) is 11.9 Å². The molecule has 162 valence electrons. The number of anilines is 1. The predicted molar refractivity (Wildman–Crippen MR) is 115 cm³/mol. The molecule has 1 aromatic heterocycles. The third-order valence-electron chi connectivity index (χ3n) is 4.82. The molecule has 4 rings (SSSR count). The Morgan fingerprint density at radius 1 is 0.969 bits per heavy atom. The number of hydrogen-bond acceptors (Lipinski definition) is 6. The SMILES string of the molecule is O=C(CN1C(=O)c2ccccc2S1(=O)=O)Nc1ccccc1C(=O)NCc1cccnc1. The molecule has 9 nitrogen and oxygen atoms in total. The lowest BCUT2D eigenvalue weighted by Crippen LogP contribution is -2.37. The molecule has 0 saturated carbocycles. The van der Waals surface area contributed by atoms with Gasteiger partial charge < -0.3 is 10.6 Å². The number of nitrogens with zero attached hydrogens (tertiary/aromatic N) is 2. The first-order valence-corrected chi connectivity index (χ1v) is 11.0. The number of sulfonamides is 1. The minimum Gasteiger partial charge on any atom is -0.348 e. The zero-order valence-corrected chi connectivity index (χ0v) is 17.5. The van der Waals surface area contributed by atoms with Gasteiger partial charge in [-0.1, -0.05) is 30.3 Å². The molecule has 3 amide bonds. The summed E-state index contributed by atoms with van der Waals surface area (Å²) in [7, 11) is -4.11. The average Bonchev–Trinajstić information content (AvgIpc) is 2.99. The summed E-state index contributed by atoms with van der Waals surface area (Å²) in [6.07, 6.45) is 3.25. The number of aromatic nitrogens is 1. The van der Waals surface area contributed by atoms with Crippen molar-refractivity contribution in [1.29, 1.82) is 0 Å². The Bertz CT molecular complexity index is 1310. The molecule has 0 atom stereocenters. The number of fused-ring (bicyclic) bond motifs is 1. The van der Waals surface area contributed by atoms with Gasteiger partial charge >= 0.3 is 0 Å². The topological polar surface area (TPSA) is 126 Å². The molecule has 0 bridgehead atoms. The van der Waals surface area contributed by atoms with Crippen molar-refractivity contribution >= 4 is 33.4 Å². The first-order chi connectivity index (χ1) is 15.4. The van der Waals surface area contributed by atoms with E-state index in [1.165, 1.54) is 30.3 Å². The molecule has 10 heteroatoms. The average molecular weight is 450 g/mol. The summed E-state index contributed by atoms with van der Waals surface area (Å²) in [5.41, 5.74) is 1.22. The molecular weight excluding hydrogens is 432 g/mol. The van der Waals surface area contributed by atoms with Crippen LogP contribution in [-0.2, 0) is 21.4 Å². The van der Waals surface area contributed by atoms with Crippen molar-refractivity contribution in [1.82, 2.24) is 14.6 Å². The summed E-state index contributed by atoms with van der Waals surface area (Å²) in [5.74, 6) is -1.94. The third kappa shape index (κ3) is 4.08. The Labute approximate surface area is 184 Å². The second-order valence-electron chi connectivity index (χ2n) is 6.95. The number of carbonyl (C=O) groups excluding carboxylic acids is 3. The highest BCUT2D eigenvalue weighted by atomic mass is 32.2. The van der Waals surface area contributed by atoms with Gasteiger partial charge in [0.2, 0.25) is 5.91 Å². The number of hydrogen-bond donors (Lipinski definition) is 2. The van der Waals surface area contributed by atoms with Gasteiger partial charge in [0.05, 0.1) is 16.8 Å². The van der Waals surface area contributed by atoms with Crippen LogP contribution < -0.4 is 10.6 Å². The Kier molecular flexibility index (Phi) is 5.69. The van der Waals surface area contributed by atoms with Gasteiger partial charge in [-0.05, 0) is 35.9 Å². The van der Waals surface area contributed by atoms with E-state index in [9.17, 15) is 22.8 Å². The molecule has 0 unspecified atom stereocenters. The highest BCUT2D eigenvalue weighted by Crippen LogP contribution is 2.29. The lowest BCUT2D eigenvalue weighted by molar-refractivity contribution is -0.116. The van der Waals surface area contributed by atoms with Crippen LogP contribution >= 0.6 is 0 Å². The summed E-state index contributed by atoms with van der Waals surface area (Å²) >= 11 is 0. The number of para-hydroxylation sites is 1. The van der Waals surface area contributed by atoms with E-state index >= 15 is 0 Å². The number of carbonyl (C=O) groups is 3.